The van der Waals surface area contributed by atoms with Crippen LogP contribution < -0.4 is 10.2 Å². The SMILES string of the molecule is COc1ccc(-c2cc(C(=O)NN=Cc3cccc(F)c3)[nH]n2)cc1. The summed E-state index contributed by atoms with van der Waals surface area (Å²) < 4.78 is 18.2. The number of methoxy groups -OCH3 is 1. The summed E-state index contributed by atoms with van der Waals surface area (Å²) >= 11 is 0. The van der Waals surface area contributed by atoms with Gasteiger partial charge in [0.15, 0.2) is 0 Å². The van der Waals surface area contributed by atoms with Crippen molar-refractivity contribution in [2.75, 3.05) is 7.11 Å². The molecule has 0 spiro atoms. The quantitative estimate of drug-likeness (QED) is 0.554. The van der Waals surface area contributed by atoms with E-state index in [1.165, 1.54) is 18.3 Å². The van der Waals surface area contributed by atoms with Gasteiger partial charge in [-0.2, -0.15) is 10.2 Å². The maximum atomic E-state index is 13.1. The van der Waals surface area contributed by atoms with E-state index in [-0.39, 0.29) is 11.5 Å². The zero-order valence-corrected chi connectivity index (χ0v) is 13.4. The van der Waals surface area contributed by atoms with E-state index < -0.39 is 5.91 Å². The van der Waals surface area contributed by atoms with E-state index in [1.54, 1.807) is 25.3 Å². The highest BCUT2D eigenvalue weighted by atomic mass is 19.1. The number of carbonyl (C=O) groups is 1. The number of H-pyrrole nitrogens is 1. The molecule has 2 aromatic carbocycles. The molecule has 3 aromatic rings. The van der Waals surface area contributed by atoms with Crippen LogP contribution in [0.1, 0.15) is 16.1 Å². The van der Waals surface area contributed by atoms with Gasteiger partial charge >= 0.3 is 0 Å². The fraction of sp³-hybridized carbons (Fsp3) is 0.0556. The van der Waals surface area contributed by atoms with Crippen molar-refractivity contribution < 1.29 is 13.9 Å². The van der Waals surface area contributed by atoms with E-state index >= 15 is 0 Å². The Morgan fingerprint density at radius 1 is 1.24 bits per heavy atom. The Balaban J connectivity index is 1.66. The van der Waals surface area contributed by atoms with Crippen molar-refractivity contribution in [3.63, 3.8) is 0 Å². The lowest BCUT2D eigenvalue weighted by atomic mass is 10.1. The van der Waals surface area contributed by atoms with E-state index in [9.17, 15) is 9.18 Å². The Labute approximate surface area is 143 Å². The number of amides is 1. The summed E-state index contributed by atoms with van der Waals surface area (Å²) in [6.07, 6.45) is 1.36. The first kappa shape index (κ1) is 16.4. The summed E-state index contributed by atoms with van der Waals surface area (Å²) in [5.74, 6) is -0.0724. The van der Waals surface area contributed by atoms with Crippen LogP contribution in [0.2, 0.25) is 0 Å². The van der Waals surface area contributed by atoms with Gasteiger partial charge in [0.05, 0.1) is 19.0 Å². The summed E-state index contributed by atoms with van der Waals surface area (Å²) in [6.45, 7) is 0. The number of halogens is 1. The number of nitrogens with one attached hydrogen (secondary N) is 2. The van der Waals surface area contributed by atoms with Crippen LogP contribution in [0.5, 0.6) is 5.75 Å². The van der Waals surface area contributed by atoms with Crippen LogP contribution in [-0.2, 0) is 0 Å². The van der Waals surface area contributed by atoms with Gasteiger partial charge in [-0.3, -0.25) is 9.89 Å². The predicted octanol–water partition coefficient (Wildman–Crippen LogP) is 2.99. The van der Waals surface area contributed by atoms with Crippen molar-refractivity contribution in [3.8, 4) is 17.0 Å². The molecule has 0 aliphatic heterocycles. The topological polar surface area (TPSA) is 79.4 Å². The van der Waals surface area contributed by atoms with Crippen molar-refractivity contribution in [1.29, 1.82) is 0 Å². The number of carbonyl (C=O) groups excluding carboxylic acids is 1. The Morgan fingerprint density at radius 3 is 2.76 bits per heavy atom. The molecule has 0 aliphatic carbocycles. The number of aromatic nitrogens is 2. The molecule has 126 valence electrons. The zero-order valence-electron chi connectivity index (χ0n) is 13.4. The molecule has 25 heavy (non-hydrogen) atoms. The van der Waals surface area contributed by atoms with Crippen molar-refractivity contribution in [1.82, 2.24) is 15.6 Å². The van der Waals surface area contributed by atoms with Gasteiger partial charge in [0.2, 0.25) is 0 Å². The number of ether oxygens (including phenoxy) is 1. The van der Waals surface area contributed by atoms with Gasteiger partial charge in [-0.05, 0) is 48.0 Å². The highest BCUT2D eigenvalue weighted by Crippen LogP contribution is 2.21. The summed E-state index contributed by atoms with van der Waals surface area (Å²) in [6, 6.07) is 14.8. The molecule has 0 atom stereocenters. The molecule has 0 bridgehead atoms. The molecule has 0 saturated carbocycles. The van der Waals surface area contributed by atoms with E-state index in [2.05, 4.69) is 20.7 Å². The number of hydrazone groups is 1. The van der Waals surface area contributed by atoms with Gasteiger partial charge in [0.1, 0.15) is 17.3 Å². The van der Waals surface area contributed by atoms with Crippen LogP contribution in [0.3, 0.4) is 0 Å². The van der Waals surface area contributed by atoms with Gasteiger partial charge in [-0.15, -0.1) is 0 Å². The minimum Gasteiger partial charge on any atom is -0.497 e. The minimum absolute atomic E-state index is 0.266. The Morgan fingerprint density at radius 2 is 2.04 bits per heavy atom. The third kappa shape index (κ3) is 4.08. The van der Waals surface area contributed by atoms with Crippen molar-refractivity contribution >= 4 is 12.1 Å². The van der Waals surface area contributed by atoms with Crippen LogP contribution in [0.25, 0.3) is 11.3 Å². The lowest BCUT2D eigenvalue weighted by Gasteiger charge is -2.00. The fourth-order valence-corrected chi connectivity index (χ4v) is 2.16. The third-order valence-electron chi connectivity index (χ3n) is 3.44. The van der Waals surface area contributed by atoms with Crippen molar-refractivity contribution in [2.24, 2.45) is 5.10 Å². The first-order valence-corrected chi connectivity index (χ1v) is 7.44. The molecule has 6 nitrogen and oxygen atoms in total. The van der Waals surface area contributed by atoms with Gasteiger partial charge < -0.3 is 4.74 Å². The largest absolute Gasteiger partial charge is 0.497 e. The van der Waals surface area contributed by atoms with E-state index in [1.807, 2.05) is 24.3 Å². The summed E-state index contributed by atoms with van der Waals surface area (Å²) in [5, 5.41) is 10.6. The standard InChI is InChI=1S/C18H15FN4O2/c1-25-15-7-5-13(6-8-15)16-10-17(22-21-16)18(24)23-20-11-12-3-2-4-14(19)9-12/h2-11H,1H3,(H,21,22)(H,23,24). The number of benzene rings is 2. The maximum absolute atomic E-state index is 13.1. The van der Waals surface area contributed by atoms with Crippen molar-refractivity contribution in [3.05, 3.63) is 71.7 Å². The monoisotopic (exact) mass is 338 g/mol. The van der Waals surface area contributed by atoms with Crippen LogP contribution in [0, 0.1) is 5.82 Å². The molecule has 0 radical (unpaired) electrons. The molecule has 1 amide bonds. The molecule has 0 fully saturated rings. The Kier molecular flexibility index (Phi) is 4.84. The summed E-state index contributed by atoms with van der Waals surface area (Å²) in [5.41, 5.74) is 4.65. The number of hydrogen-bond acceptors (Lipinski definition) is 4. The summed E-state index contributed by atoms with van der Waals surface area (Å²) in [4.78, 5) is 12.1. The lowest BCUT2D eigenvalue weighted by molar-refractivity contribution is 0.0950. The molecule has 0 unspecified atom stereocenters. The second-order valence-corrected chi connectivity index (χ2v) is 5.15. The number of rotatable bonds is 5. The molecule has 1 heterocycles. The second kappa shape index (κ2) is 7.39. The zero-order chi connectivity index (χ0) is 17.6. The predicted molar refractivity (Wildman–Crippen MR) is 92.0 cm³/mol. The molecule has 3 rings (SSSR count). The molecule has 1 aromatic heterocycles. The smallest absolute Gasteiger partial charge is 0.289 e. The molecule has 0 saturated heterocycles. The van der Waals surface area contributed by atoms with E-state index in [0.29, 0.717) is 11.3 Å². The number of nitrogens with zero attached hydrogens (tertiary/aromatic N) is 2. The van der Waals surface area contributed by atoms with Gasteiger partial charge in [-0.1, -0.05) is 12.1 Å². The van der Waals surface area contributed by atoms with Gasteiger partial charge in [0, 0.05) is 5.56 Å². The normalized spacial score (nSPS) is 10.8. The Bertz CT molecular complexity index is 903. The van der Waals surface area contributed by atoms with E-state index in [0.717, 1.165) is 11.3 Å². The molecule has 0 aliphatic rings. The lowest BCUT2D eigenvalue weighted by Crippen LogP contribution is -2.18. The van der Waals surface area contributed by atoms with Gasteiger partial charge in [-0.25, -0.2) is 9.82 Å². The van der Waals surface area contributed by atoms with Crippen molar-refractivity contribution in [2.45, 2.75) is 0 Å². The van der Waals surface area contributed by atoms with E-state index in [4.69, 9.17) is 4.74 Å². The third-order valence-corrected chi connectivity index (χ3v) is 3.44. The van der Waals surface area contributed by atoms with Crippen LogP contribution in [-0.4, -0.2) is 29.4 Å². The molecular formula is C18H15FN4O2. The molecule has 7 heteroatoms. The number of hydrogen-bond donors (Lipinski definition) is 2. The highest BCUT2D eigenvalue weighted by molar-refractivity contribution is 5.94. The molecular weight excluding hydrogens is 323 g/mol. The van der Waals surface area contributed by atoms with Crippen LogP contribution >= 0.6 is 0 Å². The van der Waals surface area contributed by atoms with Crippen LogP contribution in [0.4, 0.5) is 4.39 Å². The molecule has 2 N–H and O–H groups in total. The minimum atomic E-state index is -0.445. The maximum Gasteiger partial charge on any atom is 0.289 e. The fourth-order valence-electron chi connectivity index (χ4n) is 2.16. The summed E-state index contributed by atoms with van der Waals surface area (Å²) in [7, 11) is 1.59. The average Bonchev–Trinajstić information content (AvgIpc) is 3.12. The van der Waals surface area contributed by atoms with Crippen LogP contribution in [0.15, 0.2) is 59.7 Å². The first-order chi connectivity index (χ1) is 12.2. The average molecular weight is 338 g/mol. The Hall–Kier alpha value is -3.48. The number of aromatic amines is 1. The second-order valence-electron chi connectivity index (χ2n) is 5.15. The highest BCUT2D eigenvalue weighted by Gasteiger charge is 2.10. The first-order valence-electron chi connectivity index (χ1n) is 7.44. The van der Waals surface area contributed by atoms with Gasteiger partial charge in [0.25, 0.3) is 5.91 Å².